The van der Waals surface area contributed by atoms with E-state index in [2.05, 4.69) is 27.7 Å². The summed E-state index contributed by atoms with van der Waals surface area (Å²) in [4.78, 5) is 0. The molecule has 12 heavy (non-hydrogen) atoms. The Labute approximate surface area is 110 Å². The van der Waals surface area contributed by atoms with E-state index in [1.807, 2.05) is 0 Å². The maximum Gasteiger partial charge on any atom is 0.0565 e. The first kappa shape index (κ1) is 23.6. The minimum atomic E-state index is -0.420. The van der Waals surface area contributed by atoms with Gasteiger partial charge in [-0.3, -0.25) is 0 Å². The highest BCUT2D eigenvalue weighted by Gasteiger charge is 2.27. The van der Waals surface area contributed by atoms with Crippen molar-refractivity contribution in [3.8, 4) is 0 Å². The molecular formula is C8H23Br3P+. The summed E-state index contributed by atoms with van der Waals surface area (Å²) in [6, 6.07) is 0. The van der Waals surface area contributed by atoms with Gasteiger partial charge in [0.15, 0.2) is 0 Å². The summed E-state index contributed by atoms with van der Waals surface area (Å²) in [5.41, 5.74) is 0. The molecule has 0 fully saturated rings. The summed E-state index contributed by atoms with van der Waals surface area (Å²) >= 11 is 0. The zero-order chi connectivity index (χ0) is 7.33. The smallest absolute Gasteiger partial charge is 0.0565 e. The highest BCUT2D eigenvalue weighted by atomic mass is 79.9. The zero-order valence-corrected chi connectivity index (χ0v) is 14.5. The van der Waals surface area contributed by atoms with Crippen molar-refractivity contribution in [2.24, 2.45) is 0 Å². The van der Waals surface area contributed by atoms with Crippen molar-refractivity contribution in [1.29, 1.82) is 0 Å². The Bertz CT molecular complexity index is 57.2. The molecule has 0 aromatic heterocycles. The molecule has 0 aromatic rings. The molecular weight excluding hydrogens is 367 g/mol. The van der Waals surface area contributed by atoms with E-state index < -0.39 is 7.26 Å². The van der Waals surface area contributed by atoms with E-state index in [0.29, 0.717) is 0 Å². The summed E-state index contributed by atoms with van der Waals surface area (Å²) in [6.07, 6.45) is 5.82. The van der Waals surface area contributed by atoms with E-state index in [1.54, 1.807) is 0 Å². The third-order valence-electron chi connectivity index (χ3n) is 2.68. The van der Waals surface area contributed by atoms with Gasteiger partial charge < -0.3 is 0 Å². The molecule has 0 spiro atoms. The minimum Gasteiger partial charge on any atom is -0.114 e. The summed E-state index contributed by atoms with van der Waals surface area (Å²) < 4.78 is 0. The number of rotatable bonds is 4. The van der Waals surface area contributed by atoms with Gasteiger partial charge in [0.25, 0.3) is 0 Å². The Balaban J connectivity index is -0.000000107. The van der Waals surface area contributed by atoms with E-state index in [4.69, 9.17) is 0 Å². The van der Waals surface area contributed by atoms with Gasteiger partial charge in [0, 0.05) is 7.26 Å². The Morgan fingerprint density at radius 3 is 0.750 bits per heavy atom. The Morgan fingerprint density at radius 1 is 0.583 bits per heavy atom. The SMILES string of the molecule is Br.Br.Br.CC[P+](CC)(CC)CC. The fourth-order valence-corrected chi connectivity index (χ4v) is 4.02. The van der Waals surface area contributed by atoms with Crippen LogP contribution in [0.25, 0.3) is 0 Å². The Hall–Kier alpha value is 1.87. The molecule has 0 nitrogen and oxygen atoms in total. The third kappa shape index (κ3) is 7.29. The van der Waals surface area contributed by atoms with Crippen LogP contribution in [-0.4, -0.2) is 24.6 Å². The van der Waals surface area contributed by atoms with Gasteiger partial charge in [-0.15, -0.1) is 50.9 Å². The lowest BCUT2D eigenvalue weighted by molar-refractivity contribution is 1.25. The van der Waals surface area contributed by atoms with Crippen LogP contribution in [0, 0.1) is 0 Å². The van der Waals surface area contributed by atoms with Crippen LogP contribution in [-0.2, 0) is 0 Å². The Morgan fingerprint density at radius 2 is 0.750 bits per heavy atom. The second-order valence-corrected chi connectivity index (χ2v) is 7.82. The van der Waals surface area contributed by atoms with Crippen LogP contribution in [0.2, 0.25) is 0 Å². The van der Waals surface area contributed by atoms with Crippen LogP contribution in [0.4, 0.5) is 0 Å². The molecule has 0 heterocycles. The standard InChI is InChI=1S/C8H20P.3BrH/c1-5-9(6-2,7-3)8-4;;;/h5-8H2,1-4H3;3*1H/q+1;;;. The first-order valence-electron chi connectivity index (χ1n) is 4.09. The van der Waals surface area contributed by atoms with Gasteiger partial charge in [-0.25, -0.2) is 0 Å². The molecule has 0 aliphatic carbocycles. The molecule has 4 heteroatoms. The average molecular weight is 390 g/mol. The van der Waals surface area contributed by atoms with Crippen molar-refractivity contribution in [3.05, 3.63) is 0 Å². The van der Waals surface area contributed by atoms with Gasteiger partial charge in [-0.1, -0.05) is 0 Å². The maximum absolute atomic E-state index is 2.35. The summed E-state index contributed by atoms with van der Waals surface area (Å²) in [7, 11) is -0.420. The van der Waals surface area contributed by atoms with Gasteiger partial charge in [-0.05, 0) is 27.7 Å². The van der Waals surface area contributed by atoms with Crippen LogP contribution >= 0.6 is 58.2 Å². The predicted molar refractivity (Wildman–Crippen MR) is 80.1 cm³/mol. The maximum atomic E-state index is 2.35. The van der Waals surface area contributed by atoms with E-state index >= 15 is 0 Å². The van der Waals surface area contributed by atoms with Crippen LogP contribution < -0.4 is 0 Å². The molecule has 0 rings (SSSR count). The predicted octanol–water partition coefficient (Wildman–Crippen LogP) is 4.82. The molecule has 0 aliphatic rings. The average Bonchev–Trinajstić information content (AvgIpc) is 1.95. The van der Waals surface area contributed by atoms with Gasteiger partial charge in [0.05, 0.1) is 24.6 Å². The van der Waals surface area contributed by atoms with Crippen LogP contribution in [0.3, 0.4) is 0 Å². The fourth-order valence-electron chi connectivity index (χ4n) is 1.34. The topological polar surface area (TPSA) is 0 Å². The molecule has 0 aromatic carbocycles. The van der Waals surface area contributed by atoms with Crippen molar-refractivity contribution in [1.82, 2.24) is 0 Å². The van der Waals surface area contributed by atoms with E-state index in [0.717, 1.165) is 0 Å². The van der Waals surface area contributed by atoms with Gasteiger partial charge in [0.1, 0.15) is 0 Å². The summed E-state index contributed by atoms with van der Waals surface area (Å²) in [6.45, 7) is 9.41. The number of hydrogen-bond donors (Lipinski definition) is 0. The molecule has 0 saturated heterocycles. The number of hydrogen-bond acceptors (Lipinski definition) is 0. The van der Waals surface area contributed by atoms with Crippen molar-refractivity contribution < 1.29 is 0 Å². The molecule has 0 bridgehead atoms. The van der Waals surface area contributed by atoms with Crippen LogP contribution in [0.1, 0.15) is 27.7 Å². The first-order chi connectivity index (χ1) is 4.24. The zero-order valence-electron chi connectivity index (χ0n) is 8.50. The molecule has 0 unspecified atom stereocenters. The van der Waals surface area contributed by atoms with Crippen molar-refractivity contribution >= 4 is 58.2 Å². The molecule has 0 radical (unpaired) electrons. The lowest BCUT2D eigenvalue weighted by atomic mass is 10.9. The van der Waals surface area contributed by atoms with Crippen molar-refractivity contribution in [2.45, 2.75) is 27.7 Å². The molecule has 0 N–H and O–H groups in total. The molecule has 0 atom stereocenters. The van der Waals surface area contributed by atoms with E-state index in [9.17, 15) is 0 Å². The molecule has 0 saturated carbocycles. The lowest BCUT2D eigenvalue weighted by Gasteiger charge is -2.20. The highest BCUT2D eigenvalue weighted by Crippen LogP contribution is 2.57. The van der Waals surface area contributed by atoms with Crippen LogP contribution in [0.15, 0.2) is 0 Å². The lowest BCUT2D eigenvalue weighted by Crippen LogP contribution is -2.04. The van der Waals surface area contributed by atoms with E-state index in [-0.39, 0.29) is 50.9 Å². The number of halogens is 3. The molecule has 0 aliphatic heterocycles. The van der Waals surface area contributed by atoms with Crippen molar-refractivity contribution in [3.63, 3.8) is 0 Å². The largest absolute Gasteiger partial charge is 0.114 e. The van der Waals surface area contributed by atoms with Gasteiger partial charge >= 0.3 is 0 Å². The molecule has 0 amide bonds. The fraction of sp³-hybridized carbons (Fsp3) is 1.00. The molecule has 80 valence electrons. The quantitative estimate of drug-likeness (QED) is 0.605. The minimum absolute atomic E-state index is 0. The monoisotopic (exact) mass is 387 g/mol. The van der Waals surface area contributed by atoms with E-state index in [1.165, 1.54) is 24.6 Å². The van der Waals surface area contributed by atoms with Crippen molar-refractivity contribution in [2.75, 3.05) is 24.6 Å². The second-order valence-electron chi connectivity index (χ2n) is 2.61. The summed E-state index contributed by atoms with van der Waals surface area (Å²) in [5.74, 6) is 0. The third-order valence-corrected chi connectivity index (χ3v) is 8.05. The Kier molecular flexibility index (Phi) is 25.3. The van der Waals surface area contributed by atoms with Gasteiger partial charge in [0.2, 0.25) is 0 Å². The van der Waals surface area contributed by atoms with Crippen LogP contribution in [0.5, 0.6) is 0 Å². The normalized spacial score (nSPS) is 9.00. The second kappa shape index (κ2) is 12.9. The highest BCUT2D eigenvalue weighted by molar-refractivity contribution is 8.93. The first-order valence-corrected chi connectivity index (χ1v) is 6.62. The van der Waals surface area contributed by atoms with Gasteiger partial charge in [-0.2, -0.15) is 0 Å². The summed E-state index contributed by atoms with van der Waals surface area (Å²) in [5, 5.41) is 0.